The predicted octanol–water partition coefficient (Wildman–Crippen LogP) is 7.21. The first kappa shape index (κ1) is 22.1. The zero-order valence-corrected chi connectivity index (χ0v) is 19.2. The van der Waals surface area contributed by atoms with Crippen LogP contribution in [0.15, 0.2) is 66.7 Å². The number of halogens is 1. The highest BCUT2D eigenvalue weighted by Crippen LogP contribution is 2.31. The van der Waals surface area contributed by atoms with Gasteiger partial charge in [0.1, 0.15) is 11.6 Å². The fourth-order valence-electron chi connectivity index (χ4n) is 3.32. The van der Waals surface area contributed by atoms with Crippen molar-refractivity contribution in [3.8, 4) is 17.7 Å². The third-order valence-electron chi connectivity index (χ3n) is 4.92. The van der Waals surface area contributed by atoms with E-state index in [4.69, 9.17) is 16.3 Å². The highest BCUT2D eigenvalue weighted by atomic mass is 35.5. The van der Waals surface area contributed by atoms with Crippen molar-refractivity contribution in [3.05, 3.63) is 94.0 Å². The van der Waals surface area contributed by atoms with Crippen molar-refractivity contribution >= 4 is 34.7 Å². The van der Waals surface area contributed by atoms with Gasteiger partial charge in [-0.25, -0.2) is 0 Å². The molecule has 0 saturated carbocycles. The Balaban J connectivity index is 1.69. The van der Waals surface area contributed by atoms with Gasteiger partial charge in [0.15, 0.2) is 0 Å². The lowest BCUT2D eigenvalue weighted by Gasteiger charge is -2.14. The molecule has 0 aliphatic rings. The highest BCUT2D eigenvalue weighted by Gasteiger charge is 2.12. The van der Waals surface area contributed by atoms with E-state index >= 15 is 0 Å². The van der Waals surface area contributed by atoms with Crippen molar-refractivity contribution in [2.75, 3.05) is 10.6 Å². The Morgan fingerprint density at radius 2 is 1.42 bits per heavy atom. The number of ether oxygens (including phenoxy) is 1. The van der Waals surface area contributed by atoms with Gasteiger partial charge in [-0.05, 0) is 80.4 Å². The maximum absolute atomic E-state index is 9.22. The summed E-state index contributed by atoms with van der Waals surface area (Å²) >= 11 is 6.00. The van der Waals surface area contributed by atoms with Crippen molar-refractivity contribution in [2.24, 2.45) is 0 Å². The predicted molar refractivity (Wildman–Crippen MR) is 132 cm³/mol. The van der Waals surface area contributed by atoms with E-state index in [0.29, 0.717) is 34.0 Å². The second-order valence-electron chi connectivity index (χ2n) is 7.69. The number of anilines is 4. The molecule has 4 rings (SSSR count). The van der Waals surface area contributed by atoms with Crippen LogP contribution in [0.1, 0.15) is 22.3 Å². The Kier molecular flexibility index (Phi) is 6.43. The second kappa shape index (κ2) is 9.60. The maximum atomic E-state index is 9.22. The molecule has 0 radical (unpaired) electrons. The van der Waals surface area contributed by atoms with E-state index in [1.54, 1.807) is 30.3 Å². The molecule has 0 amide bonds. The molecule has 3 aromatic carbocycles. The van der Waals surface area contributed by atoms with Crippen LogP contribution in [0.25, 0.3) is 0 Å². The van der Waals surface area contributed by atoms with Gasteiger partial charge in [0.25, 0.3) is 0 Å². The van der Waals surface area contributed by atoms with E-state index in [0.717, 1.165) is 28.1 Å². The summed E-state index contributed by atoms with van der Waals surface area (Å²) in [5, 5.41) is 16.4. The Morgan fingerprint density at radius 1 is 0.818 bits per heavy atom. The summed E-state index contributed by atoms with van der Waals surface area (Å²) in [5.41, 5.74) is 5.15. The first-order valence-electron chi connectivity index (χ1n) is 10.3. The molecular formula is C26H22ClN5O. The van der Waals surface area contributed by atoms with E-state index in [9.17, 15) is 5.26 Å². The van der Waals surface area contributed by atoms with Crippen LogP contribution in [0.5, 0.6) is 11.6 Å². The number of rotatable bonds is 6. The molecule has 1 aromatic heterocycles. The third kappa shape index (κ3) is 5.59. The lowest BCUT2D eigenvalue weighted by atomic mass is 10.1. The third-order valence-corrected chi connectivity index (χ3v) is 5.18. The molecule has 1 heterocycles. The topological polar surface area (TPSA) is 82.9 Å². The summed E-state index contributed by atoms with van der Waals surface area (Å²) in [4.78, 5) is 9.15. The molecule has 6 nitrogen and oxygen atoms in total. The first-order valence-corrected chi connectivity index (χ1v) is 10.7. The minimum absolute atomic E-state index is 0.368. The number of nitrogens with one attached hydrogen (secondary N) is 2. The average Bonchev–Trinajstić information content (AvgIpc) is 2.79. The largest absolute Gasteiger partial charge is 0.438 e. The summed E-state index contributed by atoms with van der Waals surface area (Å²) in [7, 11) is 0. The number of aryl methyl sites for hydroxylation is 3. The van der Waals surface area contributed by atoms with Crippen molar-refractivity contribution < 1.29 is 4.74 Å². The second-order valence-corrected chi connectivity index (χ2v) is 8.13. The van der Waals surface area contributed by atoms with Crippen molar-refractivity contribution in [2.45, 2.75) is 20.8 Å². The lowest BCUT2D eigenvalue weighted by molar-refractivity contribution is 0.456. The van der Waals surface area contributed by atoms with E-state index in [-0.39, 0.29) is 0 Å². The highest BCUT2D eigenvalue weighted by molar-refractivity contribution is 6.30. The van der Waals surface area contributed by atoms with Gasteiger partial charge >= 0.3 is 0 Å². The molecule has 0 saturated heterocycles. The van der Waals surface area contributed by atoms with Crippen molar-refractivity contribution in [1.82, 2.24) is 9.97 Å². The van der Waals surface area contributed by atoms with Crippen molar-refractivity contribution in [1.29, 1.82) is 5.26 Å². The molecular weight excluding hydrogens is 434 g/mol. The van der Waals surface area contributed by atoms with E-state index in [1.165, 1.54) is 0 Å². The van der Waals surface area contributed by atoms with Crippen LogP contribution in [-0.4, -0.2) is 9.97 Å². The zero-order chi connectivity index (χ0) is 23.4. The van der Waals surface area contributed by atoms with Gasteiger partial charge in [0.2, 0.25) is 11.8 Å². The molecule has 164 valence electrons. The van der Waals surface area contributed by atoms with Gasteiger partial charge in [-0.3, -0.25) is 0 Å². The van der Waals surface area contributed by atoms with Gasteiger partial charge in [0.05, 0.1) is 11.6 Å². The van der Waals surface area contributed by atoms with Crippen LogP contribution in [0.4, 0.5) is 23.1 Å². The van der Waals surface area contributed by atoms with Gasteiger partial charge < -0.3 is 15.4 Å². The van der Waals surface area contributed by atoms with Crippen LogP contribution in [-0.2, 0) is 0 Å². The van der Waals surface area contributed by atoms with Gasteiger partial charge in [-0.15, -0.1) is 0 Å². The quantitative estimate of drug-likeness (QED) is 0.319. The number of hydrogen-bond donors (Lipinski definition) is 2. The summed E-state index contributed by atoms with van der Waals surface area (Å²) < 4.78 is 6.17. The van der Waals surface area contributed by atoms with Gasteiger partial charge in [-0.1, -0.05) is 29.3 Å². The Labute approximate surface area is 197 Å². The molecule has 0 aliphatic carbocycles. The molecule has 2 N–H and O–H groups in total. The smallest absolute Gasteiger partial charge is 0.232 e. The summed E-state index contributed by atoms with van der Waals surface area (Å²) in [6.45, 7) is 5.84. The Morgan fingerprint density at radius 3 is 2.06 bits per heavy atom. The summed E-state index contributed by atoms with van der Waals surface area (Å²) in [5.74, 6) is 1.97. The molecule has 0 fully saturated rings. The fourth-order valence-corrected chi connectivity index (χ4v) is 3.45. The number of benzene rings is 3. The zero-order valence-electron chi connectivity index (χ0n) is 18.5. The number of nitrogens with zero attached hydrogens (tertiary/aromatic N) is 3. The molecule has 4 aromatic rings. The number of nitriles is 1. The van der Waals surface area contributed by atoms with Crippen LogP contribution in [0.3, 0.4) is 0 Å². The summed E-state index contributed by atoms with van der Waals surface area (Å²) in [6.07, 6.45) is 0. The standard InChI is InChI=1S/C26H22ClN5O/c1-16-4-8-22(9-5-16)30-26-31-23(29-21-10-6-20(27)7-11-21)14-24(32-26)33-25-17(2)12-19(15-28)13-18(25)3/h4-14H,1-3H3,(H2,29,30,31,32). The minimum Gasteiger partial charge on any atom is -0.438 e. The Hall–Kier alpha value is -4.08. The van der Waals surface area contributed by atoms with Crippen LogP contribution < -0.4 is 15.4 Å². The SMILES string of the molecule is Cc1ccc(Nc2nc(Nc3ccc(Cl)cc3)cc(Oc3c(C)cc(C#N)cc3C)n2)cc1. The number of aromatic nitrogens is 2. The van der Waals surface area contributed by atoms with Gasteiger partial charge in [0, 0.05) is 22.5 Å². The molecule has 0 aliphatic heterocycles. The maximum Gasteiger partial charge on any atom is 0.232 e. The monoisotopic (exact) mass is 455 g/mol. The van der Waals surface area contributed by atoms with Gasteiger partial charge in [-0.2, -0.15) is 15.2 Å². The molecule has 0 atom stereocenters. The van der Waals surface area contributed by atoms with Crippen LogP contribution >= 0.6 is 11.6 Å². The molecule has 0 unspecified atom stereocenters. The molecule has 33 heavy (non-hydrogen) atoms. The first-order chi connectivity index (χ1) is 15.9. The summed E-state index contributed by atoms with van der Waals surface area (Å²) in [6, 6.07) is 22.8. The number of hydrogen-bond acceptors (Lipinski definition) is 6. The molecule has 7 heteroatoms. The van der Waals surface area contributed by atoms with E-state index < -0.39 is 0 Å². The average molecular weight is 456 g/mol. The van der Waals surface area contributed by atoms with Crippen LogP contribution in [0, 0.1) is 32.1 Å². The molecule has 0 spiro atoms. The van der Waals surface area contributed by atoms with E-state index in [2.05, 4.69) is 26.7 Å². The van der Waals surface area contributed by atoms with E-state index in [1.807, 2.05) is 57.2 Å². The minimum atomic E-state index is 0.368. The molecule has 0 bridgehead atoms. The Bertz CT molecular complexity index is 1240. The van der Waals surface area contributed by atoms with Crippen molar-refractivity contribution in [3.63, 3.8) is 0 Å². The normalized spacial score (nSPS) is 10.4. The lowest BCUT2D eigenvalue weighted by Crippen LogP contribution is -2.03. The fraction of sp³-hybridized carbons (Fsp3) is 0.115. The van der Waals surface area contributed by atoms with Crippen LogP contribution in [0.2, 0.25) is 5.02 Å².